The van der Waals surface area contributed by atoms with Crippen LogP contribution >= 0.6 is 0 Å². The molecular formula is C23H22F2NO+. The van der Waals surface area contributed by atoms with Gasteiger partial charge in [-0.05, 0) is 30.9 Å². The average molecular weight is 366 g/mol. The summed E-state index contributed by atoms with van der Waals surface area (Å²) in [5.74, 6) is -0.805. The van der Waals surface area contributed by atoms with Crippen LogP contribution in [0.25, 0.3) is 33.2 Å². The van der Waals surface area contributed by atoms with Gasteiger partial charge in [0.15, 0.2) is 6.20 Å². The molecule has 2 heterocycles. The van der Waals surface area contributed by atoms with Crippen molar-refractivity contribution in [2.24, 2.45) is 7.05 Å². The molecule has 0 bridgehead atoms. The minimum atomic E-state index is -0.595. The van der Waals surface area contributed by atoms with Crippen LogP contribution in [0, 0.1) is 25.5 Å². The lowest BCUT2D eigenvalue weighted by atomic mass is 9.97. The Labute approximate surface area is 157 Å². The van der Waals surface area contributed by atoms with Crippen molar-refractivity contribution in [3.63, 3.8) is 0 Å². The number of nitrogens with zero attached hydrogens (tertiary/aromatic N) is 1. The van der Waals surface area contributed by atoms with E-state index in [-0.39, 0.29) is 5.58 Å². The second-order valence-corrected chi connectivity index (χ2v) is 7.52. The van der Waals surface area contributed by atoms with Crippen LogP contribution in [0.4, 0.5) is 8.78 Å². The van der Waals surface area contributed by atoms with E-state index in [2.05, 4.69) is 26.0 Å². The Morgan fingerprint density at radius 1 is 0.963 bits per heavy atom. The highest BCUT2D eigenvalue weighted by Gasteiger charge is 2.24. The number of hydrogen-bond acceptors (Lipinski definition) is 1. The van der Waals surface area contributed by atoms with Gasteiger partial charge >= 0.3 is 0 Å². The van der Waals surface area contributed by atoms with Gasteiger partial charge in [0.05, 0.1) is 10.9 Å². The molecule has 0 N–H and O–H groups in total. The highest BCUT2D eigenvalue weighted by atomic mass is 19.1. The predicted octanol–water partition coefficient (Wildman–Crippen LogP) is 6.10. The van der Waals surface area contributed by atoms with Crippen LogP contribution in [-0.2, 0) is 7.05 Å². The SMILES string of the molecule is Cc1ccc2c(oc3c(C)c(F)cc(F)c32)c1-c1cc(C(C)C)cc[n+]1C. The van der Waals surface area contributed by atoms with Crippen molar-refractivity contribution >= 4 is 21.9 Å². The molecule has 0 saturated carbocycles. The van der Waals surface area contributed by atoms with Gasteiger partial charge in [-0.2, -0.15) is 0 Å². The lowest BCUT2D eigenvalue weighted by Crippen LogP contribution is -2.31. The molecule has 0 fully saturated rings. The molecule has 2 nitrogen and oxygen atoms in total. The molecule has 0 unspecified atom stereocenters. The van der Waals surface area contributed by atoms with Crippen LogP contribution in [0.5, 0.6) is 0 Å². The first kappa shape index (κ1) is 17.7. The molecule has 0 amide bonds. The summed E-state index contributed by atoms with van der Waals surface area (Å²) in [5.41, 5.74) is 5.33. The summed E-state index contributed by atoms with van der Waals surface area (Å²) >= 11 is 0. The summed E-state index contributed by atoms with van der Waals surface area (Å²) in [6, 6.07) is 9.00. The fourth-order valence-electron chi connectivity index (χ4n) is 3.67. The van der Waals surface area contributed by atoms with Crippen molar-refractivity contribution in [2.75, 3.05) is 0 Å². The first-order valence-corrected chi connectivity index (χ1v) is 9.10. The highest BCUT2D eigenvalue weighted by molar-refractivity contribution is 6.10. The first-order valence-electron chi connectivity index (χ1n) is 9.10. The number of rotatable bonds is 2. The zero-order chi connectivity index (χ0) is 19.5. The maximum absolute atomic E-state index is 14.6. The Hall–Kier alpha value is -2.75. The third kappa shape index (κ3) is 2.62. The molecule has 4 heteroatoms. The summed E-state index contributed by atoms with van der Waals surface area (Å²) in [7, 11) is 1.98. The Balaban J connectivity index is 2.15. The minimum absolute atomic E-state index is 0.275. The van der Waals surface area contributed by atoms with Gasteiger partial charge in [0, 0.05) is 29.1 Å². The van der Waals surface area contributed by atoms with Crippen molar-refractivity contribution < 1.29 is 17.8 Å². The Morgan fingerprint density at radius 3 is 2.41 bits per heavy atom. The summed E-state index contributed by atoms with van der Waals surface area (Å²) in [5, 5.41) is 1.01. The highest BCUT2D eigenvalue weighted by Crippen LogP contribution is 2.39. The number of halogens is 2. The summed E-state index contributed by atoms with van der Waals surface area (Å²) in [6.07, 6.45) is 2.02. The monoisotopic (exact) mass is 366 g/mol. The van der Waals surface area contributed by atoms with E-state index in [9.17, 15) is 8.78 Å². The topological polar surface area (TPSA) is 17.0 Å². The second kappa shape index (κ2) is 6.15. The molecule has 4 rings (SSSR count). The number of benzene rings is 2. The van der Waals surface area contributed by atoms with Crippen molar-refractivity contribution in [3.8, 4) is 11.3 Å². The predicted molar refractivity (Wildman–Crippen MR) is 104 cm³/mol. The third-order valence-corrected chi connectivity index (χ3v) is 5.35. The standard InChI is InChI=1S/C23H22F2NO/c1-12(2)15-8-9-26(5)19(10-15)20-13(3)6-7-16-21-18(25)11-17(24)14(4)22(21)27-23(16)20/h6-12H,1-5H3/q+1. The van der Waals surface area contributed by atoms with Gasteiger partial charge in [-0.25, -0.2) is 13.3 Å². The molecule has 0 saturated heterocycles. The number of aromatic nitrogens is 1. The van der Waals surface area contributed by atoms with Gasteiger partial charge in [-0.3, -0.25) is 0 Å². The maximum atomic E-state index is 14.6. The summed E-state index contributed by atoms with van der Waals surface area (Å²) in [6.45, 7) is 7.92. The molecule has 0 aliphatic rings. The van der Waals surface area contributed by atoms with Crippen LogP contribution in [0.2, 0.25) is 0 Å². The molecule has 138 valence electrons. The van der Waals surface area contributed by atoms with Crippen LogP contribution in [0.15, 0.2) is 40.9 Å². The van der Waals surface area contributed by atoms with Gasteiger partial charge in [0.25, 0.3) is 0 Å². The molecule has 0 aliphatic heterocycles. The van der Waals surface area contributed by atoms with E-state index in [1.54, 1.807) is 6.92 Å². The van der Waals surface area contributed by atoms with Gasteiger partial charge in [-0.15, -0.1) is 0 Å². The van der Waals surface area contributed by atoms with E-state index in [1.807, 2.05) is 36.9 Å². The first-order chi connectivity index (χ1) is 12.8. The van der Waals surface area contributed by atoms with Crippen LogP contribution in [-0.4, -0.2) is 0 Å². The van der Waals surface area contributed by atoms with Gasteiger partial charge < -0.3 is 4.42 Å². The van der Waals surface area contributed by atoms with Crippen LogP contribution in [0.3, 0.4) is 0 Å². The average Bonchev–Trinajstić information content (AvgIpc) is 3.00. The number of pyridine rings is 1. The van der Waals surface area contributed by atoms with E-state index >= 15 is 0 Å². The van der Waals surface area contributed by atoms with Crippen molar-refractivity contribution in [3.05, 3.63) is 64.9 Å². The molecule has 0 aliphatic carbocycles. The van der Waals surface area contributed by atoms with Gasteiger partial charge in [0.1, 0.15) is 29.8 Å². The fraction of sp³-hybridized carbons (Fsp3) is 0.261. The normalized spacial score (nSPS) is 11.9. The van der Waals surface area contributed by atoms with E-state index in [0.717, 1.165) is 22.9 Å². The van der Waals surface area contributed by atoms with Crippen molar-refractivity contribution in [2.45, 2.75) is 33.6 Å². The smallest absolute Gasteiger partial charge is 0.216 e. The molecule has 0 spiro atoms. The molecular weight excluding hydrogens is 344 g/mol. The van der Waals surface area contributed by atoms with Gasteiger partial charge in [0.2, 0.25) is 5.69 Å². The zero-order valence-corrected chi connectivity index (χ0v) is 16.2. The quantitative estimate of drug-likeness (QED) is 0.392. The number of aryl methyl sites for hydroxylation is 3. The van der Waals surface area contributed by atoms with Gasteiger partial charge in [-0.1, -0.05) is 26.0 Å². The van der Waals surface area contributed by atoms with E-state index in [1.165, 1.54) is 5.56 Å². The minimum Gasteiger partial charge on any atom is -0.455 e. The maximum Gasteiger partial charge on any atom is 0.216 e. The Kier molecular flexibility index (Phi) is 4.02. The van der Waals surface area contributed by atoms with E-state index in [0.29, 0.717) is 27.8 Å². The molecule has 4 aromatic rings. The van der Waals surface area contributed by atoms with E-state index in [4.69, 9.17) is 4.42 Å². The molecule has 2 aromatic heterocycles. The summed E-state index contributed by atoms with van der Waals surface area (Å²) < 4.78 is 36.7. The van der Waals surface area contributed by atoms with Crippen LogP contribution in [0.1, 0.15) is 36.5 Å². The second-order valence-electron chi connectivity index (χ2n) is 7.52. The van der Waals surface area contributed by atoms with E-state index < -0.39 is 11.6 Å². The third-order valence-electron chi connectivity index (χ3n) is 5.35. The molecule has 27 heavy (non-hydrogen) atoms. The summed E-state index contributed by atoms with van der Waals surface area (Å²) in [4.78, 5) is 0. The molecule has 0 radical (unpaired) electrons. The number of hydrogen-bond donors (Lipinski definition) is 0. The van der Waals surface area contributed by atoms with Crippen molar-refractivity contribution in [1.82, 2.24) is 0 Å². The van der Waals surface area contributed by atoms with Crippen molar-refractivity contribution in [1.29, 1.82) is 0 Å². The molecule has 2 aromatic carbocycles. The lowest BCUT2D eigenvalue weighted by molar-refractivity contribution is -0.660. The lowest BCUT2D eigenvalue weighted by Gasteiger charge is -2.09. The molecule has 0 atom stereocenters. The fourth-order valence-corrected chi connectivity index (χ4v) is 3.67. The zero-order valence-electron chi connectivity index (χ0n) is 16.2. The Morgan fingerprint density at radius 2 is 1.70 bits per heavy atom. The number of fused-ring (bicyclic) bond motifs is 3. The number of furan rings is 1. The Bertz CT molecular complexity index is 1200. The largest absolute Gasteiger partial charge is 0.455 e. The van der Waals surface area contributed by atoms with Crippen LogP contribution < -0.4 is 4.57 Å².